The van der Waals surface area contributed by atoms with Crippen molar-refractivity contribution in [1.29, 1.82) is 0 Å². The number of alkyl halides is 2. The number of aryl methyl sites for hydroxylation is 1. The summed E-state index contributed by atoms with van der Waals surface area (Å²) in [6.07, 6.45) is 0.492. The smallest absolute Gasteiger partial charge is 0.377 e. The van der Waals surface area contributed by atoms with Crippen molar-refractivity contribution in [2.75, 3.05) is 6.54 Å². The third-order valence-corrected chi connectivity index (χ3v) is 3.75. The van der Waals surface area contributed by atoms with Crippen LogP contribution in [0.25, 0.3) is 0 Å². The predicted octanol–water partition coefficient (Wildman–Crippen LogP) is 2.94. The fourth-order valence-electron chi connectivity index (χ4n) is 2.34. The molecule has 0 spiro atoms. The van der Waals surface area contributed by atoms with Gasteiger partial charge in [0, 0.05) is 12.1 Å². The van der Waals surface area contributed by atoms with Crippen LogP contribution >= 0.6 is 0 Å². The van der Waals surface area contributed by atoms with Gasteiger partial charge in [-0.1, -0.05) is 30.3 Å². The molecular weight excluding hydrogens is 276 g/mol. The largest absolute Gasteiger partial charge is 0.456 e. The molecule has 1 saturated heterocycles. The second-order valence-corrected chi connectivity index (χ2v) is 6.19. The zero-order valence-corrected chi connectivity index (χ0v) is 12.4. The Bertz CT molecular complexity index is 488. The van der Waals surface area contributed by atoms with Crippen molar-refractivity contribution in [3.05, 3.63) is 35.9 Å². The molecule has 0 amide bonds. The maximum atomic E-state index is 13.1. The van der Waals surface area contributed by atoms with Gasteiger partial charge in [-0.3, -0.25) is 0 Å². The summed E-state index contributed by atoms with van der Waals surface area (Å²) in [4.78, 5) is 10.9. The third-order valence-electron chi connectivity index (χ3n) is 3.75. The summed E-state index contributed by atoms with van der Waals surface area (Å²) in [5, 5.41) is 3.22. The minimum absolute atomic E-state index is 0.208. The van der Waals surface area contributed by atoms with Gasteiger partial charge in [0.2, 0.25) is 0 Å². The van der Waals surface area contributed by atoms with E-state index >= 15 is 0 Å². The summed E-state index contributed by atoms with van der Waals surface area (Å²) in [6.45, 7) is 4.29. The zero-order chi connectivity index (χ0) is 15.5. The Hall–Kier alpha value is -1.49. The first-order valence-corrected chi connectivity index (χ1v) is 7.16. The number of ether oxygens (including phenoxy) is 1. The molecule has 1 aromatic carbocycles. The van der Waals surface area contributed by atoms with Crippen molar-refractivity contribution in [3.63, 3.8) is 0 Å². The number of halogens is 2. The Morgan fingerprint density at radius 1 is 1.33 bits per heavy atom. The summed E-state index contributed by atoms with van der Waals surface area (Å²) in [5.74, 6) is -4.74. The molecule has 1 fully saturated rings. The van der Waals surface area contributed by atoms with E-state index in [1.54, 1.807) is 0 Å². The highest BCUT2D eigenvalue weighted by Gasteiger charge is 2.50. The molecule has 116 valence electrons. The maximum absolute atomic E-state index is 13.1. The second-order valence-electron chi connectivity index (χ2n) is 6.19. The summed E-state index contributed by atoms with van der Waals surface area (Å²) in [6, 6.07) is 10.1. The Balaban J connectivity index is 1.78. The molecule has 0 aliphatic carbocycles. The Kier molecular flexibility index (Phi) is 4.61. The number of hydrogen-bond acceptors (Lipinski definition) is 3. The maximum Gasteiger partial charge on any atom is 0.377 e. The molecule has 0 saturated carbocycles. The molecule has 21 heavy (non-hydrogen) atoms. The van der Waals surface area contributed by atoms with Gasteiger partial charge in [-0.15, -0.1) is 0 Å². The highest BCUT2D eigenvalue weighted by molar-refractivity contribution is 5.79. The van der Waals surface area contributed by atoms with E-state index in [4.69, 9.17) is 0 Å². The molecule has 1 atom stereocenters. The lowest BCUT2D eigenvalue weighted by Crippen LogP contribution is -2.43. The van der Waals surface area contributed by atoms with Crippen LogP contribution < -0.4 is 5.32 Å². The van der Waals surface area contributed by atoms with Crippen LogP contribution in [0.3, 0.4) is 0 Å². The molecule has 0 aromatic heterocycles. The number of carbonyl (C=O) groups is 1. The molecule has 1 aliphatic rings. The van der Waals surface area contributed by atoms with Gasteiger partial charge in [-0.05, 0) is 32.3 Å². The molecule has 0 bridgehead atoms. The average molecular weight is 297 g/mol. The lowest BCUT2D eigenvalue weighted by molar-refractivity contribution is -0.159. The number of rotatable bonds is 6. The SMILES string of the molecule is CC(C)(CCc1ccccc1)NCC1CC(F)(F)C(=O)O1. The molecule has 1 N–H and O–H groups in total. The van der Waals surface area contributed by atoms with E-state index in [1.165, 1.54) is 5.56 Å². The quantitative estimate of drug-likeness (QED) is 0.821. The van der Waals surface area contributed by atoms with Gasteiger partial charge in [0.05, 0.1) is 6.42 Å². The molecule has 0 radical (unpaired) electrons. The lowest BCUT2D eigenvalue weighted by atomic mass is 9.95. The van der Waals surface area contributed by atoms with Gasteiger partial charge in [0.25, 0.3) is 0 Å². The summed E-state index contributed by atoms with van der Waals surface area (Å²) in [7, 11) is 0. The topological polar surface area (TPSA) is 38.3 Å². The highest BCUT2D eigenvalue weighted by Crippen LogP contribution is 2.30. The third kappa shape index (κ3) is 4.49. The van der Waals surface area contributed by atoms with Gasteiger partial charge >= 0.3 is 11.9 Å². The van der Waals surface area contributed by atoms with E-state index in [2.05, 4.69) is 22.2 Å². The fraction of sp³-hybridized carbons (Fsp3) is 0.562. The van der Waals surface area contributed by atoms with Crippen molar-refractivity contribution in [3.8, 4) is 0 Å². The minimum atomic E-state index is -3.33. The number of esters is 1. The van der Waals surface area contributed by atoms with Gasteiger partial charge in [-0.25, -0.2) is 4.79 Å². The van der Waals surface area contributed by atoms with Crippen LogP contribution in [-0.4, -0.2) is 30.1 Å². The molecule has 1 aliphatic heterocycles. The number of benzene rings is 1. The summed E-state index contributed by atoms with van der Waals surface area (Å²) < 4.78 is 30.8. The van der Waals surface area contributed by atoms with E-state index in [0.29, 0.717) is 0 Å². The summed E-state index contributed by atoms with van der Waals surface area (Å²) in [5.41, 5.74) is 1.03. The van der Waals surface area contributed by atoms with E-state index in [9.17, 15) is 13.6 Å². The van der Waals surface area contributed by atoms with Crippen LogP contribution in [-0.2, 0) is 16.0 Å². The van der Waals surface area contributed by atoms with E-state index in [-0.39, 0.29) is 12.1 Å². The number of carbonyl (C=O) groups excluding carboxylic acids is 1. The monoisotopic (exact) mass is 297 g/mol. The molecule has 3 nitrogen and oxygen atoms in total. The van der Waals surface area contributed by atoms with E-state index in [1.807, 2.05) is 32.0 Å². The van der Waals surface area contributed by atoms with Crippen LogP contribution in [0, 0.1) is 0 Å². The lowest BCUT2D eigenvalue weighted by Gasteiger charge is -2.27. The Labute approximate surface area is 123 Å². The Morgan fingerprint density at radius 3 is 2.57 bits per heavy atom. The normalized spacial score (nSPS) is 21.3. The molecule has 5 heteroatoms. The van der Waals surface area contributed by atoms with Gasteiger partial charge in [-0.2, -0.15) is 8.78 Å². The predicted molar refractivity (Wildman–Crippen MR) is 76.3 cm³/mol. The number of cyclic esters (lactones) is 1. The molecule has 2 rings (SSSR count). The first kappa shape index (κ1) is 15.9. The summed E-state index contributed by atoms with van der Waals surface area (Å²) >= 11 is 0. The number of hydrogen-bond donors (Lipinski definition) is 1. The highest BCUT2D eigenvalue weighted by atomic mass is 19.3. The van der Waals surface area contributed by atoms with Gasteiger partial charge in [0.15, 0.2) is 0 Å². The van der Waals surface area contributed by atoms with Crippen molar-refractivity contribution >= 4 is 5.97 Å². The standard InChI is InChI=1S/C16H21F2NO2/c1-15(2,9-8-12-6-4-3-5-7-12)19-11-13-10-16(17,18)14(20)21-13/h3-7,13,19H,8-11H2,1-2H3. The zero-order valence-electron chi connectivity index (χ0n) is 12.4. The van der Waals surface area contributed by atoms with Crippen LogP contribution in [0.4, 0.5) is 8.78 Å². The van der Waals surface area contributed by atoms with Gasteiger partial charge in [0.1, 0.15) is 6.10 Å². The van der Waals surface area contributed by atoms with Crippen molar-refractivity contribution in [2.24, 2.45) is 0 Å². The number of nitrogens with one attached hydrogen (secondary N) is 1. The fourth-order valence-corrected chi connectivity index (χ4v) is 2.34. The van der Waals surface area contributed by atoms with Gasteiger partial charge < -0.3 is 10.1 Å². The molecule has 1 heterocycles. The van der Waals surface area contributed by atoms with E-state index in [0.717, 1.165) is 12.8 Å². The van der Waals surface area contributed by atoms with Crippen LogP contribution in [0.1, 0.15) is 32.3 Å². The van der Waals surface area contributed by atoms with Crippen molar-refractivity contribution in [2.45, 2.75) is 50.7 Å². The van der Waals surface area contributed by atoms with Crippen LogP contribution in [0.15, 0.2) is 30.3 Å². The van der Waals surface area contributed by atoms with Crippen molar-refractivity contribution < 1.29 is 18.3 Å². The first-order chi connectivity index (χ1) is 9.78. The van der Waals surface area contributed by atoms with Crippen molar-refractivity contribution in [1.82, 2.24) is 5.32 Å². The van der Waals surface area contributed by atoms with Crippen LogP contribution in [0.2, 0.25) is 0 Å². The average Bonchev–Trinajstić information content (AvgIpc) is 2.69. The Morgan fingerprint density at radius 2 is 2.00 bits per heavy atom. The molecule has 1 unspecified atom stereocenters. The second kappa shape index (κ2) is 6.10. The first-order valence-electron chi connectivity index (χ1n) is 7.16. The molecule has 1 aromatic rings. The van der Waals surface area contributed by atoms with Crippen LogP contribution in [0.5, 0.6) is 0 Å². The molecular formula is C16H21F2NO2. The minimum Gasteiger partial charge on any atom is -0.456 e. The van der Waals surface area contributed by atoms with E-state index < -0.39 is 24.4 Å².